The molecule has 9 nitrogen and oxygen atoms in total. The monoisotopic (exact) mass is 442 g/mol. The zero-order valence-electron chi connectivity index (χ0n) is 18.3. The first-order valence-corrected chi connectivity index (χ1v) is 11.6. The highest BCUT2D eigenvalue weighted by Crippen LogP contribution is 2.36. The van der Waals surface area contributed by atoms with Gasteiger partial charge in [-0.25, -0.2) is 0 Å². The number of rotatable bonds is 4. The third kappa shape index (κ3) is 4.26. The van der Waals surface area contributed by atoms with E-state index in [0.29, 0.717) is 64.0 Å². The van der Waals surface area contributed by atoms with E-state index >= 15 is 0 Å². The Balaban J connectivity index is 1.15. The van der Waals surface area contributed by atoms with Gasteiger partial charge in [-0.3, -0.25) is 19.3 Å². The fraction of sp³-hybridized carbons (Fsp3) is 0.609. The molecule has 4 aliphatic heterocycles. The Morgan fingerprint density at radius 3 is 2.38 bits per heavy atom. The van der Waals surface area contributed by atoms with E-state index in [1.54, 1.807) is 4.90 Å². The minimum atomic E-state index is -0.339. The number of ether oxygens (including phenoxy) is 2. The number of anilines is 1. The molecule has 4 heterocycles. The van der Waals surface area contributed by atoms with E-state index in [1.165, 1.54) is 0 Å². The van der Waals surface area contributed by atoms with Gasteiger partial charge in [-0.05, 0) is 25.0 Å². The Hall–Kier alpha value is -2.81. The van der Waals surface area contributed by atoms with Crippen LogP contribution in [0.1, 0.15) is 19.3 Å². The summed E-state index contributed by atoms with van der Waals surface area (Å²) in [6.45, 7) is 6.14. The summed E-state index contributed by atoms with van der Waals surface area (Å²) in [5.41, 5.74) is 0.736. The molecular formula is C23H30N4O5. The van der Waals surface area contributed by atoms with Crippen LogP contribution in [0.5, 0.6) is 11.5 Å². The zero-order valence-corrected chi connectivity index (χ0v) is 18.3. The van der Waals surface area contributed by atoms with Crippen molar-refractivity contribution in [2.45, 2.75) is 19.3 Å². The first-order chi connectivity index (χ1) is 15.6. The lowest BCUT2D eigenvalue weighted by Crippen LogP contribution is -2.52. The molecule has 4 aliphatic rings. The Morgan fingerprint density at radius 2 is 1.62 bits per heavy atom. The number of benzene rings is 1. The molecule has 3 amide bonds. The second-order valence-electron chi connectivity index (χ2n) is 8.92. The fourth-order valence-electron chi connectivity index (χ4n) is 4.96. The largest absolute Gasteiger partial charge is 0.486 e. The molecule has 0 spiro atoms. The van der Waals surface area contributed by atoms with Crippen LogP contribution in [0.15, 0.2) is 18.2 Å². The third-order valence-electron chi connectivity index (χ3n) is 6.81. The Kier molecular flexibility index (Phi) is 5.91. The molecule has 1 unspecified atom stereocenters. The summed E-state index contributed by atoms with van der Waals surface area (Å²) in [6, 6.07) is 5.47. The molecule has 32 heavy (non-hydrogen) atoms. The van der Waals surface area contributed by atoms with Crippen LogP contribution in [0.3, 0.4) is 0 Å². The molecule has 0 bridgehead atoms. The number of piperazine rings is 1. The van der Waals surface area contributed by atoms with Crippen molar-refractivity contribution in [3.05, 3.63) is 18.2 Å². The third-order valence-corrected chi connectivity index (χ3v) is 6.81. The number of likely N-dealkylation sites (tertiary alicyclic amines) is 1. The Bertz CT molecular complexity index is 892. The Labute approximate surface area is 187 Å². The SMILES string of the molecule is O=C(CN1CCN(C(=O)C2CC(=O)N(c3ccc4c(c3)OCCO4)C2)CC1)N1CCCC1. The average molecular weight is 443 g/mol. The van der Waals surface area contributed by atoms with Crippen molar-refractivity contribution >= 4 is 23.4 Å². The van der Waals surface area contributed by atoms with Crippen LogP contribution in [0.4, 0.5) is 5.69 Å². The first-order valence-electron chi connectivity index (χ1n) is 11.6. The molecule has 9 heteroatoms. The molecule has 172 valence electrons. The van der Waals surface area contributed by atoms with Crippen molar-refractivity contribution in [3.8, 4) is 11.5 Å². The molecule has 1 atom stereocenters. The van der Waals surface area contributed by atoms with Crippen molar-refractivity contribution in [1.29, 1.82) is 0 Å². The quantitative estimate of drug-likeness (QED) is 0.679. The molecule has 5 rings (SSSR count). The molecule has 0 saturated carbocycles. The number of nitrogens with zero attached hydrogens (tertiary/aromatic N) is 4. The highest BCUT2D eigenvalue weighted by molar-refractivity contribution is 6.00. The topological polar surface area (TPSA) is 82.6 Å². The molecule has 0 N–H and O–H groups in total. The van der Waals surface area contributed by atoms with Gasteiger partial charge in [0.25, 0.3) is 0 Å². The van der Waals surface area contributed by atoms with E-state index in [-0.39, 0.29) is 30.1 Å². The second-order valence-corrected chi connectivity index (χ2v) is 8.92. The van der Waals surface area contributed by atoms with E-state index in [9.17, 15) is 14.4 Å². The summed E-state index contributed by atoms with van der Waals surface area (Å²) in [7, 11) is 0. The number of carbonyl (C=O) groups is 3. The van der Waals surface area contributed by atoms with Gasteiger partial charge in [0.1, 0.15) is 13.2 Å². The fourth-order valence-corrected chi connectivity index (χ4v) is 4.96. The smallest absolute Gasteiger partial charge is 0.236 e. The lowest BCUT2D eigenvalue weighted by molar-refractivity contribution is -0.138. The average Bonchev–Trinajstić information content (AvgIpc) is 3.49. The van der Waals surface area contributed by atoms with E-state index < -0.39 is 0 Å². The highest BCUT2D eigenvalue weighted by atomic mass is 16.6. The lowest BCUT2D eigenvalue weighted by Gasteiger charge is -2.36. The maximum absolute atomic E-state index is 13.1. The molecule has 3 fully saturated rings. The van der Waals surface area contributed by atoms with Gasteiger partial charge in [0.2, 0.25) is 17.7 Å². The molecule has 1 aromatic rings. The number of fused-ring (bicyclic) bond motifs is 1. The minimum absolute atomic E-state index is 0.0314. The van der Waals surface area contributed by atoms with Gasteiger partial charge in [-0.2, -0.15) is 0 Å². The predicted octanol–water partition coefficient (Wildman–Crippen LogP) is 0.577. The molecule has 0 aromatic heterocycles. The van der Waals surface area contributed by atoms with E-state index in [0.717, 1.165) is 31.6 Å². The van der Waals surface area contributed by atoms with Crippen molar-refractivity contribution in [1.82, 2.24) is 14.7 Å². The molecule has 0 aliphatic carbocycles. The van der Waals surface area contributed by atoms with Crippen LogP contribution in [-0.2, 0) is 14.4 Å². The van der Waals surface area contributed by atoms with Crippen molar-refractivity contribution in [2.75, 3.05) is 70.5 Å². The van der Waals surface area contributed by atoms with E-state index in [1.807, 2.05) is 28.0 Å². The first kappa shape index (κ1) is 21.1. The summed E-state index contributed by atoms with van der Waals surface area (Å²) >= 11 is 0. The minimum Gasteiger partial charge on any atom is -0.486 e. The lowest BCUT2D eigenvalue weighted by atomic mass is 10.1. The van der Waals surface area contributed by atoms with E-state index in [4.69, 9.17) is 9.47 Å². The normalized spacial score (nSPS) is 23.7. The summed E-state index contributed by atoms with van der Waals surface area (Å²) in [6.07, 6.45) is 2.41. The maximum Gasteiger partial charge on any atom is 0.236 e. The van der Waals surface area contributed by atoms with E-state index in [2.05, 4.69) is 4.90 Å². The zero-order chi connectivity index (χ0) is 22.1. The van der Waals surface area contributed by atoms with Crippen LogP contribution in [0.2, 0.25) is 0 Å². The number of hydrogen-bond donors (Lipinski definition) is 0. The predicted molar refractivity (Wildman–Crippen MR) is 117 cm³/mol. The molecular weight excluding hydrogens is 412 g/mol. The highest BCUT2D eigenvalue weighted by Gasteiger charge is 2.38. The summed E-state index contributed by atoms with van der Waals surface area (Å²) in [4.78, 5) is 45.7. The van der Waals surface area contributed by atoms with Crippen LogP contribution in [0, 0.1) is 5.92 Å². The molecule has 1 aromatic carbocycles. The van der Waals surface area contributed by atoms with Gasteiger partial charge >= 0.3 is 0 Å². The van der Waals surface area contributed by atoms with Crippen LogP contribution in [-0.4, -0.2) is 98.0 Å². The van der Waals surface area contributed by atoms with Crippen molar-refractivity contribution in [2.24, 2.45) is 5.92 Å². The van der Waals surface area contributed by atoms with Crippen molar-refractivity contribution < 1.29 is 23.9 Å². The van der Waals surface area contributed by atoms with Gasteiger partial charge < -0.3 is 24.2 Å². The van der Waals surface area contributed by atoms with Crippen LogP contribution in [0.25, 0.3) is 0 Å². The van der Waals surface area contributed by atoms with Gasteiger partial charge in [0.15, 0.2) is 11.5 Å². The summed E-state index contributed by atoms with van der Waals surface area (Å²) in [5, 5.41) is 0. The van der Waals surface area contributed by atoms with Gasteiger partial charge in [-0.1, -0.05) is 0 Å². The van der Waals surface area contributed by atoms with Crippen molar-refractivity contribution in [3.63, 3.8) is 0 Å². The Morgan fingerprint density at radius 1 is 0.906 bits per heavy atom. The second kappa shape index (κ2) is 8.97. The van der Waals surface area contributed by atoms with Gasteiger partial charge in [-0.15, -0.1) is 0 Å². The van der Waals surface area contributed by atoms with Gasteiger partial charge in [0, 0.05) is 64.0 Å². The molecule has 0 radical (unpaired) electrons. The standard InChI is InChI=1S/C23H30N4O5/c28-21-13-17(15-27(21)18-3-4-19-20(14-18)32-12-11-31-19)23(30)26-9-7-24(8-10-26)16-22(29)25-5-1-2-6-25/h3-4,14,17H,1-2,5-13,15-16H2. The number of hydrogen-bond acceptors (Lipinski definition) is 6. The maximum atomic E-state index is 13.1. The molecule has 3 saturated heterocycles. The number of amides is 3. The van der Waals surface area contributed by atoms with Crippen LogP contribution < -0.4 is 14.4 Å². The summed E-state index contributed by atoms with van der Waals surface area (Å²) in [5.74, 6) is 1.15. The van der Waals surface area contributed by atoms with Crippen LogP contribution >= 0.6 is 0 Å². The summed E-state index contributed by atoms with van der Waals surface area (Å²) < 4.78 is 11.2. The van der Waals surface area contributed by atoms with Gasteiger partial charge in [0.05, 0.1) is 12.5 Å². The number of carbonyl (C=O) groups excluding carboxylic acids is 3.